The average Bonchev–Trinajstić information content (AvgIpc) is 2.69. The van der Waals surface area contributed by atoms with Crippen molar-refractivity contribution in [2.75, 3.05) is 32.1 Å². The number of hydrogen-bond acceptors (Lipinski definition) is 4. The average molecular weight is 397 g/mol. The lowest BCUT2D eigenvalue weighted by Gasteiger charge is -2.29. The molecule has 5 heteroatoms. The molecule has 1 N–H and O–H groups in total. The van der Waals surface area contributed by atoms with E-state index in [2.05, 4.69) is 38.0 Å². The molecule has 5 nitrogen and oxygen atoms in total. The van der Waals surface area contributed by atoms with Crippen LogP contribution in [0.3, 0.4) is 0 Å². The van der Waals surface area contributed by atoms with Crippen molar-refractivity contribution < 1.29 is 14.3 Å². The van der Waals surface area contributed by atoms with E-state index in [1.807, 2.05) is 48.5 Å². The van der Waals surface area contributed by atoms with E-state index in [1.54, 1.807) is 0 Å². The highest BCUT2D eigenvalue weighted by atomic mass is 16.5. The van der Waals surface area contributed by atoms with E-state index in [4.69, 9.17) is 9.47 Å². The fourth-order valence-corrected chi connectivity index (χ4v) is 3.31. The number of rotatable bonds is 6. The quantitative estimate of drug-likeness (QED) is 0.782. The van der Waals surface area contributed by atoms with Crippen LogP contribution in [-0.4, -0.2) is 43.7 Å². The summed E-state index contributed by atoms with van der Waals surface area (Å²) in [6, 6.07) is 15.4. The second kappa shape index (κ2) is 9.31. The summed E-state index contributed by atoms with van der Waals surface area (Å²) in [6.07, 6.45) is 2.36. The van der Waals surface area contributed by atoms with E-state index < -0.39 is 0 Å². The van der Waals surface area contributed by atoms with Crippen LogP contribution in [0.4, 0.5) is 5.69 Å². The van der Waals surface area contributed by atoms with Gasteiger partial charge >= 0.3 is 0 Å². The second-order valence-corrected chi connectivity index (χ2v) is 8.76. The van der Waals surface area contributed by atoms with Crippen molar-refractivity contribution in [3.8, 4) is 11.5 Å². The number of nitrogens with one attached hydrogen (secondary N) is 1. The molecule has 0 atom stereocenters. The number of nitrogens with zero attached hydrogens (tertiary/aromatic N) is 1. The van der Waals surface area contributed by atoms with Gasteiger partial charge in [0.1, 0.15) is 17.6 Å². The molecule has 1 amide bonds. The van der Waals surface area contributed by atoms with E-state index in [1.165, 1.54) is 5.56 Å². The van der Waals surface area contributed by atoms with Crippen molar-refractivity contribution >= 4 is 11.6 Å². The SMILES string of the molecule is CN1CCC(Oc2ccc(NC(=O)COc3ccc(C(C)(C)C)cc3)cc2)CC1. The molecule has 1 heterocycles. The van der Waals surface area contributed by atoms with Crippen LogP contribution in [0.1, 0.15) is 39.2 Å². The summed E-state index contributed by atoms with van der Waals surface area (Å²) in [4.78, 5) is 14.5. The van der Waals surface area contributed by atoms with Crippen molar-refractivity contribution in [3.63, 3.8) is 0 Å². The van der Waals surface area contributed by atoms with Gasteiger partial charge in [-0.2, -0.15) is 0 Å². The van der Waals surface area contributed by atoms with Gasteiger partial charge in [0.05, 0.1) is 0 Å². The zero-order valence-corrected chi connectivity index (χ0v) is 17.9. The fourth-order valence-electron chi connectivity index (χ4n) is 3.31. The van der Waals surface area contributed by atoms with Gasteiger partial charge in [0.25, 0.3) is 5.91 Å². The third kappa shape index (κ3) is 6.50. The Morgan fingerprint density at radius 1 is 1.00 bits per heavy atom. The molecular weight excluding hydrogens is 364 g/mol. The van der Waals surface area contributed by atoms with Crippen LogP contribution in [0, 0.1) is 0 Å². The molecule has 0 unspecified atom stereocenters. The van der Waals surface area contributed by atoms with Crippen molar-refractivity contribution in [2.24, 2.45) is 0 Å². The Bertz CT molecular complexity index is 786. The predicted molar refractivity (Wildman–Crippen MR) is 117 cm³/mol. The molecule has 1 saturated heterocycles. The standard InChI is InChI=1S/C24H32N2O3/c1-24(2,3)18-5-9-20(10-6-18)28-17-23(27)25-19-7-11-21(12-8-19)29-22-13-15-26(4)16-14-22/h5-12,22H,13-17H2,1-4H3,(H,25,27). The van der Waals surface area contributed by atoms with Crippen LogP contribution in [0.25, 0.3) is 0 Å². The predicted octanol–water partition coefficient (Wildman–Crippen LogP) is 4.47. The Balaban J connectivity index is 1.44. The van der Waals surface area contributed by atoms with E-state index >= 15 is 0 Å². The highest BCUT2D eigenvalue weighted by Crippen LogP contribution is 2.24. The van der Waals surface area contributed by atoms with Crippen LogP contribution < -0.4 is 14.8 Å². The Labute approximate surface area is 174 Å². The number of piperidine rings is 1. The number of anilines is 1. The van der Waals surface area contributed by atoms with Crippen molar-refractivity contribution in [3.05, 3.63) is 54.1 Å². The van der Waals surface area contributed by atoms with Crippen LogP contribution >= 0.6 is 0 Å². The molecule has 1 fully saturated rings. The number of carbonyl (C=O) groups excluding carboxylic acids is 1. The van der Waals surface area contributed by atoms with Gasteiger partial charge in [-0.15, -0.1) is 0 Å². The van der Waals surface area contributed by atoms with Gasteiger partial charge in [0.15, 0.2) is 6.61 Å². The number of hydrogen-bond donors (Lipinski definition) is 1. The summed E-state index contributed by atoms with van der Waals surface area (Å²) in [6.45, 7) is 8.61. The molecule has 0 radical (unpaired) electrons. The molecular formula is C24H32N2O3. The normalized spacial score (nSPS) is 15.7. The molecule has 2 aromatic carbocycles. The molecule has 1 aliphatic rings. The molecule has 156 valence electrons. The van der Waals surface area contributed by atoms with E-state index in [0.717, 1.165) is 37.4 Å². The lowest BCUT2D eigenvalue weighted by atomic mass is 9.87. The maximum atomic E-state index is 12.2. The third-order valence-corrected chi connectivity index (χ3v) is 5.20. The summed E-state index contributed by atoms with van der Waals surface area (Å²) in [5.74, 6) is 1.34. The summed E-state index contributed by atoms with van der Waals surface area (Å²) >= 11 is 0. The lowest BCUT2D eigenvalue weighted by molar-refractivity contribution is -0.118. The molecule has 3 rings (SSSR count). The molecule has 0 aromatic heterocycles. The summed E-state index contributed by atoms with van der Waals surface area (Å²) < 4.78 is 11.6. The topological polar surface area (TPSA) is 50.8 Å². The highest BCUT2D eigenvalue weighted by Gasteiger charge is 2.18. The van der Waals surface area contributed by atoms with E-state index in [0.29, 0.717) is 5.75 Å². The number of likely N-dealkylation sites (tertiary alicyclic amines) is 1. The molecule has 29 heavy (non-hydrogen) atoms. The van der Waals surface area contributed by atoms with Crippen LogP contribution in [0.5, 0.6) is 11.5 Å². The van der Waals surface area contributed by atoms with Gasteiger partial charge in [-0.25, -0.2) is 0 Å². The minimum absolute atomic E-state index is 0.0251. The fraction of sp³-hybridized carbons (Fsp3) is 0.458. The lowest BCUT2D eigenvalue weighted by Crippen LogP contribution is -2.35. The summed E-state index contributed by atoms with van der Waals surface area (Å²) in [5.41, 5.74) is 2.06. The van der Waals surface area contributed by atoms with E-state index in [9.17, 15) is 4.79 Å². The summed E-state index contributed by atoms with van der Waals surface area (Å²) in [5, 5.41) is 2.86. The Kier molecular flexibility index (Phi) is 6.80. The maximum Gasteiger partial charge on any atom is 0.262 e. The minimum Gasteiger partial charge on any atom is -0.490 e. The minimum atomic E-state index is -0.186. The second-order valence-electron chi connectivity index (χ2n) is 8.76. The molecule has 0 aliphatic carbocycles. The molecule has 2 aromatic rings. The third-order valence-electron chi connectivity index (χ3n) is 5.20. The van der Waals surface area contributed by atoms with Crippen LogP contribution in [-0.2, 0) is 10.2 Å². The Morgan fingerprint density at radius 3 is 2.17 bits per heavy atom. The van der Waals surface area contributed by atoms with E-state index in [-0.39, 0.29) is 24.0 Å². The number of ether oxygens (including phenoxy) is 2. The van der Waals surface area contributed by atoms with Crippen molar-refractivity contribution in [1.82, 2.24) is 4.90 Å². The first-order chi connectivity index (χ1) is 13.8. The first kappa shape index (κ1) is 21.2. The van der Waals surface area contributed by atoms with Gasteiger partial charge in [0.2, 0.25) is 0 Å². The van der Waals surface area contributed by atoms with Gasteiger partial charge in [-0.05, 0) is 67.3 Å². The smallest absolute Gasteiger partial charge is 0.262 e. The zero-order valence-electron chi connectivity index (χ0n) is 17.9. The Hall–Kier alpha value is -2.53. The molecule has 0 bridgehead atoms. The molecule has 1 aliphatic heterocycles. The molecule has 0 spiro atoms. The van der Waals surface area contributed by atoms with Crippen molar-refractivity contribution in [2.45, 2.75) is 45.1 Å². The Morgan fingerprint density at radius 2 is 1.59 bits per heavy atom. The van der Waals surface area contributed by atoms with Gasteiger partial charge in [-0.3, -0.25) is 4.79 Å². The first-order valence-corrected chi connectivity index (χ1v) is 10.3. The monoisotopic (exact) mass is 396 g/mol. The highest BCUT2D eigenvalue weighted by molar-refractivity contribution is 5.91. The van der Waals surface area contributed by atoms with Crippen molar-refractivity contribution in [1.29, 1.82) is 0 Å². The number of carbonyl (C=O) groups is 1. The van der Waals surface area contributed by atoms with Gasteiger partial charge < -0.3 is 19.7 Å². The number of benzene rings is 2. The number of amides is 1. The van der Waals surface area contributed by atoms with Crippen LogP contribution in [0.15, 0.2) is 48.5 Å². The van der Waals surface area contributed by atoms with Gasteiger partial charge in [0, 0.05) is 18.8 Å². The first-order valence-electron chi connectivity index (χ1n) is 10.3. The van der Waals surface area contributed by atoms with Crippen LogP contribution in [0.2, 0.25) is 0 Å². The van der Waals surface area contributed by atoms with Gasteiger partial charge in [-0.1, -0.05) is 32.9 Å². The largest absolute Gasteiger partial charge is 0.490 e. The maximum absolute atomic E-state index is 12.2. The molecule has 0 saturated carbocycles. The summed E-state index contributed by atoms with van der Waals surface area (Å²) in [7, 11) is 2.14. The zero-order chi connectivity index (χ0) is 20.9.